The molecule has 1 rings (SSSR count). The number of aliphatic hydroxyl groups excluding tert-OH is 1. The minimum Gasteiger partial charge on any atom is -0.390 e. The highest BCUT2D eigenvalue weighted by atomic mass is 16.5. The standard InChI is InChI=1S/C12H23N3O2/c1-11(2)10-17-7-5-13-8-12(16)9-15-6-3-4-14-15/h3-4,6,11-13,16H,5,7-10H2,1-2H3. The normalized spacial score (nSPS) is 13.2. The number of hydrogen-bond donors (Lipinski definition) is 2. The Hall–Kier alpha value is -0.910. The largest absolute Gasteiger partial charge is 0.390 e. The molecule has 2 N–H and O–H groups in total. The zero-order valence-corrected chi connectivity index (χ0v) is 10.7. The second-order valence-electron chi connectivity index (χ2n) is 4.55. The molecule has 0 radical (unpaired) electrons. The smallest absolute Gasteiger partial charge is 0.0860 e. The van der Waals surface area contributed by atoms with Crippen LogP contribution in [0.4, 0.5) is 0 Å². The van der Waals surface area contributed by atoms with Gasteiger partial charge in [-0.05, 0) is 12.0 Å². The Labute approximate surface area is 103 Å². The third kappa shape index (κ3) is 7.10. The van der Waals surface area contributed by atoms with Crippen molar-refractivity contribution >= 4 is 0 Å². The molecule has 0 aromatic carbocycles. The molecule has 0 fully saturated rings. The summed E-state index contributed by atoms with van der Waals surface area (Å²) in [5.41, 5.74) is 0. The summed E-state index contributed by atoms with van der Waals surface area (Å²) in [4.78, 5) is 0. The molecule has 5 heteroatoms. The van der Waals surface area contributed by atoms with Crippen molar-refractivity contribution in [3.8, 4) is 0 Å². The lowest BCUT2D eigenvalue weighted by Gasteiger charge is -2.12. The molecule has 5 nitrogen and oxygen atoms in total. The van der Waals surface area contributed by atoms with Gasteiger partial charge in [-0.2, -0.15) is 5.10 Å². The lowest BCUT2D eigenvalue weighted by atomic mass is 10.2. The SMILES string of the molecule is CC(C)COCCNCC(O)Cn1cccn1. The quantitative estimate of drug-likeness (QED) is 0.618. The van der Waals surface area contributed by atoms with E-state index >= 15 is 0 Å². The van der Waals surface area contributed by atoms with E-state index < -0.39 is 6.10 Å². The summed E-state index contributed by atoms with van der Waals surface area (Å²) in [5, 5.41) is 16.9. The fraction of sp³-hybridized carbons (Fsp3) is 0.750. The molecule has 1 heterocycles. The first-order valence-electron chi connectivity index (χ1n) is 6.12. The van der Waals surface area contributed by atoms with Crippen molar-refractivity contribution in [1.82, 2.24) is 15.1 Å². The molecule has 1 unspecified atom stereocenters. The van der Waals surface area contributed by atoms with Gasteiger partial charge >= 0.3 is 0 Å². The molecule has 0 saturated heterocycles. The highest BCUT2D eigenvalue weighted by molar-refractivity contribution is 4.78. The maximum Gasteiger partial charge on any atom is 0.0860 e. The molecule has 98 valence electrons. The fourth-order valence-electron chi connectivity index (χ4n) is 1.42. The number of aliphatic hydroxyl groups is 1. The number of nitrogens with zero attached hydrogens (tertiary/aromatic N) is 2. The zero-order valence-electron chi connectivity index (χ0n) is 10.7. The van der Waals surface area contributed by atoms with Crippen molar-refractivity contribution in [2.24, 2.45) is 5.92 Å². The Morgan fingerprint density at radius 3 is 2.94 bits per heavy atom. The molecule has 0 aliphatic carbocycles. The van der Waals surface area contributed by atoms with Gasteiger partial charge in [-0.3, -0.25) is 4.68 Å². The Morgan fingerprint density at radius 2 is 2.29 bits per heavy atom. The van der Waals surface area contributed by atoms with Crippen molar-refractivity contribution in [3.05, 3.63) is 18.5 Å². The topological polar surface area (TPSA) is 59.3 Å². The molecule has 1 atom stereocenters. The van der Waals surface area contributed by atoms with E-state index in [1.165, 1.54) is 0 Å². The Kier molecular flexibility index (Phi) is 6.84. The minimum atomic E-state index is -0.417. The molecule has 0 aliphatic rings. The summed E-state index contributed by atoms with van der Waals surface area (Å²) in [6.45, 7) is 7.58. The Balaban J connectivity index is 1.95. The van der Waals surface area contributed by atoms with E-state index in [9.17, 15) is 5.11 Å². The summed E-state index contributed by atoms with van der Waals surface area (Å²) < 4.78 is 7.14. The monoisotopic (exact) mass is 241 g/mol. The van der Waals surface area contributed by atoms with Crippen LogP contribution in [0.2, 0.25) is 0 Å². The van der Waals surface area contributed by atoms with Gasteiger partial charge in [-0.1, -0.05) is 13.8 Å². The zero-order chi connectivity index (χ0) is 12.5. The van der Waals surface area contributed by atoms with Crippen LogP contribution in [0.3, 0.4) is 0 Å². The van der Waals surface area contributed by atoms with E-state index in [1.54, 1.807) is 10.9 Å². The van der Waals surface area contributed by atoms with Crippen molar-refractivity contribution < 1.29 is 9.84 Å². The Bertz CT molecular complexity index is 275. The van der Waals surface area contributed by atoms with Crippen molar-refractivity contribution in [3.63, 3.8) is 0 Å². The van der Waals surface area contributed by atoms with Crippen LogP contribution in [-0.2, 0) is 11.3 Å². The van der Waals surface area contributed by atoms with E-state index in [0.717, 1.165) is 13.2 Å². The third-order valence-corrected chi connectivity index (χ3v) is 2.21. The molecule has 17 heavy (non-hydrogen) atoms. The van der Waals surface area contributed by atoms with Crippen LogP contribution in [0, 0.1) is 5.92 Å². The van der Waals surface area contributed by atoms with Crippen molar-refractivity contribution in [1.29, 1.82) is 0 Å². The van der Waals surface area contributed by atoms with E-state index in [1.807, 2.05) is 12.3 Å². The summed E-state index contributed by atoms with van der Waals surface area (Å²) in [6, 6.07) is 1.85. The van der Waals surface area contributed by atoms with Gasteiger partial charge in [0.1, 0.15) is 0 Å². The van der Waals surface area contributed by atoms with Crippen molar-refractivity contribution in [2.45, 2.75) is 26.5 Å². The van der Waals surface area contributed by atoms with E-state index in [4.69, 9.17) is 4.74 Å². The first-order chi connectivity index (χ1) is 8.18. The van der Waals surface area contributed by atoms with Crippen LogP contribution in [-0.4, -0.2) is 47.3 Å². The number of hydrogen-bond acceptors (Lipinski definition) is 4. The van der Waals surface area contributed by atoms with Crippen LogP contribution in [0.15, 0.2) is 18.5 Å². The molecule has 1 aromatic rings. The molecule has 0 aliphatic heterocycles. The number of ether oxygens (including phenoxy) is 1. The van der Waals surface area contributed by atoms with Gasteiger partial charge in [0.05, 0.1) is 19.3 Å². The highest BCUT2D eigenvalue weighted by Gasteiger charge is 2.04. The Morgan fingerprint density at radius 1 is 1.47 bits per heavy atom. The van der Waals surface area contributed by atoms with Crippen LogP contribution in [0.5, 0.6) is 0 Å². The van der Waals surface area contributed by atoms with Gasteiger partial charge in [0, 0.05) is 32.1 Å². The minimum absolute atomic E-state index is 0.417. The fourth-order valence-corrected chi connectivity index (χ4v) is 1.42. The van der Waals surface area contributed by atoms with Gasteiger partial charge in [-0.25, -0.2) is 0 Å². The summed E-state index contributed by atoms with van der Waals surface area (Å²) in [6.07, 6.45) is 3.13. The maximum atomic E-state index is 9.70. The predicted octanol–water partition coefficient (Wildman–Crippen LogP) is 0.506. The van der Waals surface area contributed by atoms with Crippen LogP contribution in [0.1, 0.15) is 13.8 Å². The second kappa shape index (κ2) is 8.22. The van der Waals surface area contributed by atoms with E-state index in [2.05, 4.69) is 24.3 Å². The molecule has 0 saturated carbocycles. The first kappa shape index (κ1) is 14.2. The van der Waals surface area contributed by atoms with Gasteiger partial charge in [0.25, 0.3) is 0 Å². The van der Waals surface area contributed by atoms with Crippen molar-refractivity contribution in [2.75, 3.05) is 26.3 Å². The molecule has 0 spiro atoms. The number of nitrogens with one attached hydrogen (secondary N) is 1. The lowest BCUT2D eigenvalue weighted by Crippen LogP contribution is -2.32. The van der Waals surface area contributed by atoms with Gasteiger partial charge in [0.2, 0.25) is 0 Å². The molecule has 1 aromatic heterocycles. The summed E-state index contributed by atoms with van der Waals surface area (Å²) >= 11 is 0. The molecule has 0 bridgehead atoms. The van der Waals surface area contributed by atoms with Gasteiger partial charge in [0.15, 0.2) is 0 Å². The third-order valence-electron chi connectivity index (χ3n) is 2.21. The highest BCUT2D eigenvalue weighted by Crippen LogP contribution is 1.92. The predicted molar refractivity (Wildman–Crippen MR) is 66.8 cm³/mol. The van der Waals surface area contributed by atoms with Gasteiger partial charge in [-0.15, -0.1) is 0 Å². The van der Waals surface area contributed by atoms with Crippen LogP contribution >= 0.6 is 0 Å². The maximum absolute atomic E-state index is 9.70. The van der Waals surface area contributed by atoms with E-state index in [0.29, 0.717) is 25.6 Å². The van der Waals surface area contributed by atoms with Crippen LogP contribution in [0.25, 0.3) is 0 Å². The lowest BCUT2D eigenvalue weighted by molar-refractivity contribution is 0.104. The van der Waals surface area contributed by atoms with Gasteiger partial charge < -0.3 is 15.2 Å². The second-order valence-corrected chi connectivity index (χ2v) is 4.55. The average molecular weight is 241 g/mol. The molecular weight excluding hydrogens is 218 g/mol. The molecular formula is C12H23N3O2. The summed E-state index contributed by atoms with van der Waals surface area (Å²) in [5.74, 6) is 0.570. The first-order valence-corrected chi connectivity index (χ1v) is 6.12. The average Bonchev–Trinajstić information content (AvgIpc) is 2.75. The van der Waals surface area contributed by atoms with Crippen LogP contribution < -0.4 is 5.32 Å². The number of aromatic nitrogens is 2. The molecule has 0 amide bonds. The summed E-state index contributed by atoms with van der Waals surface area (Å²) in [7, 11) is 0. The number of rotatable bonds is 9. The van der Waals surface area contributed by atoms with E-state index in [-0.39, 0.29) is 0 Å².